The minimum atomic E-state index is -0.403. The second kappa shape index (κ2) is 10.1. The number of hydrogen-bond acceptors (Lipinski definition) is 2. The summed E-state index contributed by atoms with van der Waals surface area (Å²) in [4.78, 5) is 4.39. The summed E-state index contributed by atoms with van der Waals surface area (Å²) >= 11 is 0. The fraction of sp³-hybridized carbons (Fsp3) is 0.179. The maximum Gasteiger partial charge on any atom is 0.139 e. The van der Waals surface area contributed by atoms with E-state index in [9.17, 15) is 8.78 Å². The molecular weight excluding hydrogens is 404 g/mol. The number of rotatable bonds is 6. The van der Waals surface area contributed by atoms with E-state index < -0.39 is 5.82 Å². The van der Waals surface area contributed by atoms with E-state index in [1.807, 2.05) is 24.3 Å². The van der Waals surface area contributed by atoms with Gasteiger partial charge in [-0.25, -0.2) is 8.78 Å². The Bertz CT molecular complexity index is 1290. The minimum Gasteiger partial charge on any atom is -0.492 e. The Hall–Kier alpha value is -3.71. The molecule has 0 amide bonds. The Labute approximate surface area is 186 Å². The van der Waals surface area contributed by atoms with Gasteiger partial charge >= 0.3 is 0 Å². The Morgan fingerprint density at radius 1 is 0.844 bits per heavy atom. The molecule has 4 aromatic rings. The summed E-state index contributed by atoms with van der Waals surface area (Å²) in [6.07, 6.45) is 4.97. The van der Waals surface area contributed by atoms with Gasteiger partial charge in [-0.15, -0.1) is 0 Å². The molecule has 0 aliphatic rings. The summed E-state index contributed by atoms with van der Waals surface area (Å²) in [7, 11) is 0. The average Bonchev–Trinajstić information content (AvgIpc) is 2.81. The summed E-state index contributed by atoms with van der Waals surface area (Å²) in [5.74, 6) is 5.91. The normalized spacial score (nSPS) is 10.6. The number of nitrogens with zero attached hydrogens (tertiary/aromatic N) is 1. The maximum absolute atomic E-state index is 14.7. The predicted molar refractivity (Wildman–Crippen MR) is 125 cm³/mol. The van der Waals surface area contributed by atoms with Crippen molar-refractivity contribution in [1.29, 1.82) is 0 Å². The molecule has 0 aliphatic carbocycles. The molecule has 0 N–H and O–H groups in total. The van der Waals surface area contributed by atoms with E-state index >= 15 is 0 Å². The number of halogens is 2. The minimum absolute atomic E-state index is 0.276. The van der Waals surface area contributed by atoms with E-state index in [0.717, 1.165) is 35.6 Å². The predicted octanol–water partition coefficient (Wildman–Crippen LogP) is 7.15. The highest BCUT2D eigenvalue weighted by molar-refractivity contribution is 5.84. The van der Waals surface area contributed by atoms with Gasteiger partial charge in [-0.05, 0) is 65.7 Å². The molecule has 1 aromatic heterocycles. The van der Waals surface area contributed by atoms with Gasteiger partial charge in [0.2, 0.25) is 0 Å². The van der Waals surface area contributed by atoms with E-state index in [2.05, 4.69) is 23.7 Å². The second-order valence-electron chi connectivity index (χ2n) is 7.59. The van der Waals surface area contributed by atoms with Crippen molar-refractivity contribution >= 4 is 10.8 Å². The van der Waals surface area contributed by atoms with Gasteiger partial charge in [-0.1, -0.05) is 49.8 Å². The van der Waals surface area contributed by atoms with E-state index in [1.165, 1.54) is 18.2 Å². The molecule has 2 nitrogen and oxygen atoms in total. The zero-order valence-electron chi connectivity index (χ0n) is 17.9. The lowest BCUT2D eigenvalue weighted by Gasteiger charge is -2.07. The van der Waals surface area contributed by atoms with E-state index in [-0.39, 0.29) is 5.82 Å². The largest absolute Gasteiger partial charge is 0.492 e. The van der Waals surface area contributed by atoms with Crippen LogP contribution in [0.15, 0.2) is 72.9 Å². The monoisotopic (exact) mass is 427 g/mol. The van der Waals surface area contributed by atoms with Gasteiger partial charge in [0.05, 0.1) is 24.1 Å². The van der Waals surface area contributed by atoms with Crippen molar-refractivity contribution in [3.05, 3.63) is 95.7 Å². The van der Waals surface area contributed by atoms with Crippen molar-refractivity contribution in [2.45, 2.75) is 26.2 Å². The molecule has 4 heteroatoms. The topological polar surface area (TPSA) is 22.1 Å². The highest BCUT2D eigenvalue weighted by atomic mass is 19.1. The molecule has 1 heterocycles. The lowest BCUT2D eigenvalue weighted by Crippen LogP contribution is -1.97. The van der Waals surface area contributed by atoms with Gasteiger partial charge in [0.1, 0.15) is 17.4 Å². The van der Waals surface area contributed by atoms with Crippen LogP contribution in [0.3, 0.4) is 0 Å². The van der Waals surface area contributed by atoms with Gasteiger partial charge in [0, 0.05) is 11.1 Å². The first kappa shape index (κ1) is 21.5. The van der Waals surface area contributed by atoms with Crippen LogP contribution in [0.5, 0.6) is 5.75 Å². The maximum atomic E-state index is 14.7. The highest BCUT2D eigenvalue weighted by Crippen LogP contribution is 2.22. The molecule has 0 aliphatic heterocycles. The zero-order chi connectivity index (χ0) is 22.3. The van der Waals surface area contributed by atoms with Crippen LogP contribution in [-0.2, 0) is 0 Å². The molecule has 32 heavy (non-hydrogen) atoms. The molecule has 160 valence electrons. The summed E-state index contributed by atoms with van der Waals surface area (Å²) in [6, 6.07) is 18.7. The molecule has 0 radical (unpaired) electrons. The fourth-order valence-corrected chi connectivity index (χ4v) is 3.39. The molecule has 0 fully saturated rings. The molecule has 3 aromatic carbocycles. The molecule has 0 saturated heterocycles. The van der Waals surface area contributed by atoms with Gasteiger partial charge in [0.25, 0.3) is 0 Å². The zero-order valence-corrected chi connectivity index (χ0v) is 17.9. The smallest absolute Gasteiger partial charge is 0.139 e. The first-order chi connectivity index (χ1) is 15.6. The number of unbranched alkanes of at least 4 members (excludes halogenated alkanes) is 2. The third-order valence-corrected chi connectivity index (χ3v) is 5.16. The van der Waals surface area contributed by atoms with Crippen molar-refractivity contribution in [2.24, 2.45) is 0 Å². The SMILES string of the molecule is CCCCCOc1ccc(-c2ccc(C#Cc3ccc4cc(F)ccc4c3)c(F)c2)nc1. The summed E-state index contributed by atoms with van der Waals surface area (Å²) in [5.41, 5.74) is 2.40. The van der Waals surface area contributed by atoms with Crippen molar-refractivity contribution in [1.82, 2.24) is 4.98 Å². The Morgan fingerprint density at radius 3 is 2.47 bits per heavy atom. The number of fused-ring (bicyclic) bond motifs is 1. The van der Waals surface area contributed by atoms with E-state index in [0.29, 0.717) is 29.2 Å². The Balaban J connectivity index is 1.48. The summed E-state index contributed by atoms with van der Waals surface area (Å²) in [6.45, 7) is 2.82. The Morgan fingerprint density at radius 2 is 1.69 bits per heavy atom. The molecular formula is C28H23F2NO. The average molecular weight is 427 g/mol. The van der Waals surface area contributed by atoms with Gasteiger partial charge in [0.15, 0.2) is 0 Å². The first-order valence-corrected chi connectivity index (χ1v) is 10.7. The van der Waals surface area contributed by atoms with Crippen LogP contribution in [0, 0.1) is 23.5 Å². The number of benzene rings is 3. The van der Waals surface area contributed by atoms with Crippen molar-refractivity contribution in [3.8, 4) is 28.8 Å². The lowest BCUT2D eigenvalue weighted by atomic mass is 10.1. The number of pyridine rings is 1. The first-order valence-electron chi connectivity index (χ1n) is 10.7. The standard InChI is InChI=1S/C28H23F2NO/c1-2-3-4-15-32-26-13-14-28(31-19-26)24-10-9-21(27(30)18-24)7-5-20-6-8-23-17-25(29)12-11-22(23)16-20/h6,8-14,16-19H,2-4,15H2,1H3. The quantitative estimate of drug-likeness (QED) is 0.241. The van der Waals surface area contributed by atoms with E-state index in [4.69, 9.17) is 4.74 Å². The number of hydrogen-bond donors (Lipinski definition) is 0. The van der Waals surface area contributed by atoms with Crippen LogP contribution < -0.4 is 4.74 Å². The molecule has 4 rings (SSSR count). The van der Waals surface area contributed by atoms with Crippen LogP contribution in [0.2, 0.25) is 0 Å². The van der Waals surface area contributed by atoms with Crippen LogP contribution in [0.4, 0.5) is 8.78 Å². The summed E-state index contributed by atoms with van der Waals surface area (Å²) in [5, 5.41) is 1.69. The van der Waals surface area contributed by atoms with Crippen LogP contribution in [0.1, 0.15) is 37.3 Å². The van der Waals surface area contributed by atoms with Crippen LogP contribution >= 0.6 is 0 Å². The van der Waals surface area contributed by atoms with Crippen LogP contribution in [0.25, 0.3) is 22.0 Å². The van der Waals surface area contributed by atoms with Crippen molar-refractivity contribution < 1.29 is 13.5 Å². The van der Waals surface area contributed by atoms with Gasteiger partial charge in [-0.2, -0.15) is 0 Å². The number of aromatic nitrogens is 1. The lowest BCUT2D eigenvalue weighted by molar-refractivity contribution is 0.305. The third-order valence-electron chi connectivity index (χ3n) is 5.16. The summed E-state index contributed by atoms with van der Waals surface area (Å²) < 4.78 is 33.7. The van der Waals surface area contributed by atoms with Crippen molar-refractivity contribution in [3.63, 3.8) is 0 Å². The van der Waals surface area contributed by atoms with Gasteiger partial charge in [-0.3, -0.25) is 4.98 Å². The van der Waals surface area contributed by atoms with Gasteiger partial charge < -0.3 is 4.74 Å². The molecule has 0 unspecified atom stereocenters. The molecule has 0 spiro atoms. The third kappa shape index (κ3) is 5.31. The van der Waals surface area contributed by atoms with Crippen molar-refractivity contribution in [2.75, 3.05) is 6.61 Å². The van der Waals surface area contributed by atoms with E-state index in [1.54, 1.807) is 30.5 Å². The number of ether oxygens (including phenoxy) is 1. The Kier molecular flexibility index (Phi) is 6.77. The molecule has 0 saturated carbocycles. The second-order valence-corrected chi connectivity index (χ2v) is 7.59. The highest BCUT2D eigenvalue weighted by Gasteiger charge is 2.06. The molecule has 0 bridgehead atoms. The van der Waals surface area contributed by atoms with Crippen LogP contribution in [-0.4, -0.2) is 11.6 Å². The fourth-order valence-electron chi connectivity index (χ4n) is 3.39. The molecule has 0 atom stereocenters.